The van der Waals surface area contributed by atoms with Gasteiger partial charge in [0.25, 0.3) is 10.0 Å². The quantitative estimate of drug-likeness (QED) is 0.491. The van der Waals surface area contributed by atoms with Gasteiger partial charge in [0.15, 0.2) is 0 Å². The molecule has 0 aliphatic heterocycles. The Morgan fingerprint density at radius 3 is 2.17 bits per heavy atom. The van der Waals surface area contributed by atoms with Crippen LogP contribution in [0.5, 0.6) is 0 Å². The zero-order valence-electron chi connectivity index (χ0n) is 9.74. The van der Waals surface area contributed by atoms with Gasteiger partial charge in [-0.3, -0.25) is 0 Å². The van der Waals surface area contributed by atoms with Gasteiger partial charge in [-0.05, 0) is 30.3 Å². The van der Waals surface area contributed by atoms with Gasteiger partial charge in [-0.25, -0.2) is 23.1 Å². The summed E-state index contributed by atoms with van der Waals surface area (Å²) >= 11 is 0. The summed E-state index contributed by atoms with van der Waals surface area (Å²) in [6, 6.07) is 7.46. The van der Waals surface area contributed by atoms with Crippen molar-refractivity contribution < 1.29 is 38.0 Å². The Kier molecular flexibility index (Phi) is 5.09. The SMILES string of the molecule is Nc1ccc(S(=O)(=O)Nc2ncccn2)cc1.[Na+]. The Balaban J connectivity index is 0.00000162. The molecule has 0 aliphatic rings. The fourth-order valence-electron chi connectivity index (χ4n) is 1.18. The maximum atomic E-state index is 11.9. The van der Waals surface area contributed by atoms with Crippen molar-refractivity contribution in [2.24, 2.45) is 0 Å². The summed E-state index contributed by atoms with van der Waals surface area (Å²) in [7, 11) is -3.66. The fraction of sp³-hybridized carbons (Fsp3) is 0. The average molecular weight is 273 g/mol. The van der Waals surface area contributed by atoms with E-state index in [-0.39, 0.29) is 40.4 Å². The van der Waals surface area contributed by atoms with Gasteiger partial charge in [-0.1, -0.05) is 0 Å². The smallest absolute Gasteiger partial charge is 0.399 e. The van der Waals surface area contributed by atoms with Crippen LogP contribution in [0.4, 0.5) is 11.6 Å². The summed E-state index contributed by atoms with van der Waals surface area (Å²) in [6.45, 7) is 0. The predicted octanol–water partition coefficient (Wildman–Crippen LogP) is -2.14. The third kappa shape index (κ3) is 3.67. The molecule has 2 aromatic rings. The number of aromatic nitrogens is 2. The molecule has 8 heteroatoms. The summed E-state index contributed by atoms with van der Waals surface area (Å²) < 4.78 is 26.0. The van der Waals surface area contributed by atoms with Crippen LogP contribution in [0.1, 0.15) is 0 Å². The van der Waals surface area contributed by atoms with E-state index in [0.29, 0.717) is 5.69 Å². The van der Waals surface area contributed by atoms with Crippen LogP contribution in [0, 0.1) is 0 Å². The van der Waals surface area contributed by atoms with Gasteiger partial charge in [0.1, 0.15) is 0 Å². The monoisotopic (exact) mass is 273 g/mol. The van der Waals surface area contributed by atoms with E-state index in [0.717, 1.165) is 0 Å². The van der Waals surface area contributed by atoms with Crippen LogP contribution in [0.3, 0.4) is 0 Å². The van der Waals surface area contributed by atoms with E-state index in [4.69, 9.17) is 5.73 Å². The van der Waals surface area contributed by atoms with Gasteiger partial charge in [0.05, 0.1) is 4.90 Å². The molecule has 2 rings (SSSR count). The molecule has 0 saturated heterocycles. The normalized spacial score (nSPS) is 10.4. The Labute approximate surface area is 127 Å². The van der Waals surface area contributed by atoms with E-state index >= 15 is 0 Å². The van der Waals surface area contributed by atoms with E-state index < -0.39 is 10.0 Å². The van der Waals surface area contributed by atoms with E-state index in [1.54, 1.807) is 6.07 Å². The summed E-state index contributed by atoms with van der Waals surface area (Å²) in [5.41, 5.74) is 5.98. The van der Waals surface area contributed by atoms with E-state index in [9.17, 15) is 8.42 Å². The van der Waals surface area contributed by atoms with Gasteiger partial charge < -0.3 is 5.73 Å². The second-order valence-corrected chi connectivity index (χ2v) is 4.93. The van der Waals surface area contributed by atoms with Gasteiger partial charge >= 0.3 is 29.6 Å². The Hall–Kier alpha value is -1.15. The second-order valence-electron chi connectivity index (χ2n) is 3.25. The largest absolute Gasteiger partial charge is 1.00 e. The zero-order valence-corrected chi connectivity index (χ0v) is 12.6. The van der Waals surface area contributed by atoms with E-state index in [2.05, 4.69) is 14.7 Å². The van der Waals surface area contributed by atoms with Gasteiger partial charge in [0.2, 0.25) is 5.95 Å². The van der Waals surface area contributed by atoms with Crippen molar-refractivity contribution in [1.82, 2.24) is 9.97 Å². The predicted molar refractivity (Wildman–Crippen MR) is 63.7 cm³/mol. The number of benzene rings is 1. The van der Waals surface area contributed by atoms with Crippen molar-refractivity contribution in [2.45, 2.75) is 4.90 Å². The second kappa shape index (κ2) is 6.14. The van der Waals surface area contributed by atoms with Crippen molar-refractivity contribution in [2.75, 3.05) is 10.5 Å². The number of nitrogens with two attached hydrogens (primary N) is 1. The molecule has 0 bridgehead atoms. The molecule has 0 amide bonds. The van der Waals surface area contributed by atoms with Crippen molar-refractivity contribution in [3.05, 3.63) is 42.7 Å². The van der Waals surface area contributed by atoms with Crippen molar-refractivity contribution in [1.29, 1.82) is 0 Å². The molecule has 6 nitrogen and oxygen atoms in total. The van der Waals surface area contributed by atoms with Crippen LogP contribution < -0.4 is 40.0 Å². The summed E-state index contributed by atoms with van der Waals surface area (Å²) in [5.74, 6) is 0.0318. The minimum Gasteiger partial charge on any atom is -0.399 e. The molecule has 1 aromatic heterocycles. The molecule has 0 saturated carbocycles. The molecule has 0 unspecified atom stereocenters. The van der Waals surface area contributed by atoms with Gasteiger partial charge in [-0.15, -0.1) is 0 Å². The number of nitrogens with one attached hydrogen (secondary N) is 1. The van der Waals surface area contributed by atoms with Crippen molar-refractivity contribution >= 4 is 21.7 Å². The van der Waals surface area contributed by atoms with E-state index in [1.807, 2.05) is 0 Å². The summed E-state index contributed by atoms with van der Waals surface area (Å²) in [6.07, 6.45) is 2.90. The molecule has 0 atom stereocenters. The maximum Gasteiger partial charge on any atom is 1.00 e. The first-order valence-electron chi connectivity index (χ1n) is 4.73. The number of anilines is 2. The molecule has 1 aromatic carbocycles. The molecule has 0 radical (unpaired) electrons. The Bertz CT molecular complexity index is 602. The van der Waals surface area contributed by atoms with E-state index in [1.165, 1.54) is 36.7 Å². The first-order valence-corrected chi connectivity index (χ1v) is 6.22. The molecule has 3 N–H and O–H groups in total. The van der Waals surface area contributed by atoms with Crippen LogP contribution in [-0.2, 0) is 10.0 Å². The number of hydrogen-bond acceptors (Lipinski definition) is 5. The van der Waals surface area contributed by atoms with Crippen molar-refractivity contribution in [3.8, 4) is 0 Å². The van der Waals surface area contributed by atoms with Gasteiger partial charge in [0, 0.05) is 18.1 Å². The first kappa shape index (κ1) is 14.9. The third-order valence-electron chi connectivity index (χ3n) is 1.98. The Morgan fingerprint density at radius 1 is 1.06 bits per heavy atom. The number of nitrogen functional groups attached to an aromatic ring is 1. The molecular weight excluding hydrogens is 263 g/mol. The van der Waals surface area contributed by atoms with Crippen LogP contribution in [0.25, 0.3) is 0 Å². The molecule has 1 heterocycles. The standard InChI is InChI=1S/C10H10N4O2S.Na/c11-8-2-4-9(5-3-8)17(15,16)14-10-12-6-1-7-13-10;/h1-7H,11H2,(H,12,13,14);/q;+1. The molecule has 0 spiro atoms. The number of nitrogens with zero attached hydrogens (tertiary/aromatic N) is 2. The number of hydrogen-bond donors (Lipinski definition) is 2. The minimum atomic E-state index is -3.66. The molecular formula is C10H10N4NaO2S+. The molecule has 0 aliphatic carbocycles. The van der Waals surface area contributed by atoms with Gasteiger partial charge in [-0.2, -0.15) is 0 Å². The summed E-state index contributed by atoms with van der Waals surface area (Å²) in [4.78, 5) is 7.67. The Morgan fingerprint density at radius 2 is 1.61 bits per heavy atom. The third-order valence-corrected chi connectivity index (χ3v) is 3.33. The fourth-order valence-corrected chi connectivity index (χ4v) is 2.14. The average Bonchev–Trinajstić information content (AvgIpc) is 2.30. The summed E-state index contributed by atoms with van der Waals surface area (Å²) in [5, 5.41) is 0. The molecule has 0 fully saturated rings. The van der Waals surface area contributed by atoms with Crippen LogP contribution in [0.15, 0.2) is 47.6 Å². The van der Waals surface area contributed by atoms with Crippen LogP contribution in [-0.4, -0.2) is 18.4 Å². The first-order chi connectivity index (χ1) is 8.08. The number of rotatable bonds is 3. The number of sulfonamides is 1. The zero-order chi connectivity index (χ0) is 12.3. The minimum absolute atomic E-state index is 0. The van der Waals surface area contributed by atoms with Crippen molar-refractivity contribution in [3.63, 3.8) is 0 Å². The topological polar surface area (TPSA) is 98.0 Å². The molecule has 18 heavy (non-hydrogen) atoms. The molecule has 88 valence electrons. The maximum absolute atomic E-state index is 11.9. The van der Waals surface area contributed by atoms with Crippen LogP contribution in [0.2, 0.25) is 0 Å². The van der Waals surface area contributed by atoms with Crippen LogP contribution >= 0.6 is 0 Å².